The number of anilines is 1. The van der Waals surface area contributed by atoms with E-state index < -0.39 is 0 Å². The van der Waals surface area contributed by atoms with E-state index in [1.807, 2.05) is 6.92 Å². The van der Waals surface area contributed by atoms with Crippen LogP contribution in [0, 0.1) is 5.92 Å². The molecule has 6 nitrogen and oxygen atoms in total. The molecule has 0 spiro atoms. The van der Waals surface area contributed by atoms with Crippen LogP contribution >= 0.6 is 0 Å². The topological polar surface area (TPSA) is 104 Å². The van der Waals surface area contributed by atoms with Crippen LogP contribution in [-0.2, 0) is 4.79 Å². The molecule has 0 fully saturated rings. The Bertz CT molecular complexity index is 459. The Morgan fingerprint density at radius 1 is 1.25 bits per heavy atom. The second-order valence-electron chi connectivity index (χ2n) is 4.82. The van der Waals surface area contributed by atoms with Gasteiger partial charge in [-0.2, -0.15) is 0 Å². The number of benzene rings is 1. The second kappa shape index (κ2) is 7.49. The first-order chi connectivity index (χ1) is 9.43. The van der Waals surface area contributed by atoms with Crippen molar-refractivity contribution in [1.82, 2.24) is 10.6 Å². The van der Waals surface area contributed by atoms with Gasteiger partial charge < -0.3 is 21.5 Å². The summed E-state index contributed by atoms with van der Waals surface area (Å²) in [5.74, 6) is -0.656. The minimum Gasteiger partial charge on any atom is -0.399 e. The molecule has 1 aromatic rings. The van der Waals surface area contributed by atoms with Gasteiger partial charge in [0, 0.05) is 23.9 Å². The Morgan fingerprint density at radius 2 is 1.85 bits per heavy atom. The molecule has 0 radical (unpaired) electrons. The van der Waals surface area contributed by atoms with E-state index in [0.29, 0.717) is 11.3 Å². The van der Waals surface area contributed by atoms with Crippen LogP contribution in [0.5, 0.6) is 0 Å². The first-order valence-corrected chi connectivity index (χ1v) is 6.48. The van der Waals surface area contributed by atoms with Gasteiger partial charge in [0.2, 0.25) is 5.91 Å². The van der Waals surface area contributed by atoms with Gasteiger partial charge in [0.25, 0.3) is 5.91 Å². The Kier molecular flexibility index (Phi) is 5.99. The minimum atomic E-state index is -0.331. The SMILES string of the molecule is CC(CO)C(C)NC(=O)CNC(=O)c1ccc(N)cc1. The number of nitrogens with one attached hydrogen (secondary N) is 2. The van der Waals surface area contributed by atoms with E-state index >= 15 is 0 Å². The summed E-state index contributed by atoms with van der Waals surface area (Å²) in [4.78, 5) is 23.4. The van der Waals surface area contributed by atoms with Crippen LogP contribution in [0.25, 0.3) is 0 Å². The van der Waals surface area contributed by atoms with E-state index in [0.717, 1.165) is 0 Å². The van der Waals surface area contributed by atoms with Crippen LogP contribution in [0.2, 0.25) is 0 Å². The van der Waals surface area contributed by atoms with Crippen molar-refractivity contribution in [2.45, 2.75) is 19.9 Å². The molecular weight excluding hydrogens is 258 g/mol. The van der Waals surface area contributed by atoms with Crippen LogP contribution in [0.3, 0.4) is 0 Å². The lowest BCUT2D eigenvalue weighted by atomic mass is 10.1. The van der Waals surface area contributed by atoms with Gasteiger partial charge in [0.05, 0.1) is 6.54 Å². The van der Waals surface area contributed by atoms with Crippen molar-refractivity contribution in [3.63, 3.8) is 0 Å². The van der Waals surface area contributed by atoms with Crippen molar-refractivity contribution in [1.29, 1.82) is 0 Å². The smallest absolute Gasteiger partial charge is 0.251 e. The molecule has 20 heavy (non-hydrogen) atoms. The van der Waals surface area contributed by atoms with Crippen LogP contribution in [0.4, 0.5) is 5.69 Å². The number of aliphatic hydroxyl groups is 1. The molecule has 6 heteroatoms. The molecule has 110 valence electrons. The van der Waals surface area contributed by atoms with Gasteiger partial charge in [-0.3, -0.25) is 9.59 Å². The van der Waals surface area contributed by atoms with Gasteiger partial charge in [0.1, 0.15) is 0 Å². The fourth-order valence-corrected chi connectivity index (χ4v) is 1.50. The summed E-state index contributed by atoms with van der Waals surface area (Å²) >= 11 is 0. The molecule has 2 atom stereocenters. The van der Waals surface area contributed by atoms with E-state index in [1.165, 1.54) is 0 Å². The zero-order valence-corrected chi connectivity index (χ0v) is 11.7. The highest BCUT2D eigenvalue weighted by molar-refractivity contribution is 5.96. The number of hydrogen-bond acceptors (Lipinski definition) is 4. The summed E-state index contributed by atoms with van der Waals surface area (Å²) in [6.07, 6.45) is 0. The first kappa shape index (κ1) is 16.0. The average molecular weight is 279 g/mol. The Balaban J connectivity index is 2.41. The highest BCUT2D eigenvalue weighted by Gasteiger charge is 2.14. The Morgan fingerprint density at radius 3 is 2.40 bits per heavy atom. The highest BCUT2D eigenvalue weighted by atomic mass is 16.3. The third-order valence-electron chi connectivity index (χ3n) is 3.11. The fourth-order valence-electron chi connectivity index (χ4n) is 1.50. The molecule has 0 aliphatic carbocycles. The molecule has 1 aromatic carbocycles. The predicted octanol–water partition coefficient (Wildman–Crippen LogP) is 0.132. The molecular formula is C14H21N3O3. The number of hydrogen-bond donors (Lipinski definition) is 4. The average Bonchev–Trinajstić information content (AvgIpc) is 2.44. The minimum absolute atomic E-state index is 0.000751. The van der Waals surface area contributed by atoms with Gasteiger partial charge in [-0.1, -0.05) is 6.92 Å². The van der Waals surface area contributed by atoms with Crippen molar-refractivity contribution in [3.05, 3.63) is 29.8 Å². The van der Waals surface area contributed by atoms with Crippen LogP contribution in [0.1, 0.15) is 24.2 Å². The van der Waals surface area contributed by atoms with Crippen molar-refractivity contribution < 1.29 is 14.7 Å². The summed E-state index contributed by atoms with van der Waals surface area (Å²) in [6.45, 7) is 3.53. The van der Waals surface area contributed by atoms with E-state index in [1.54, 1.807) is 31.2 Å². The van der Waals surface area contributed by atoms with Gasteiger partial charge in [0.15, 0.2) is 0 Å². The molecule has 0 saturated carbocycles. The van der Waals surface area contributed by atoms with E-state index in [9.17, 15) is 9.59 Å². The zero-order valence-electron chi connectivity index (χ0n) is 11.7. The predicted molar refractivity (Wildman–Crippen MR) is 77.0 cm³/mol. The fraction of sp³-hybridized carbons (Fsp3) is 0.429. The third kappa shape index (κ3) is 4.89. The van der Waals surface area contributed by atoms with E-state index in [-0.39, 0.29) is 36.9 Å². The molecule has 0 aliphatic heterocycles. The van der Waals surface area contributed by atoms with Crippen molar-refractivity contribution in [2.24, 2.45) is 5.92 Å². The number of nitrogen functional groups attached to an aromatic ring is 1. The van der Waals surface area contributed by atoms with Crippen LogP contribution in [0.15, 0.2) is 24.3 Å². The molecule has 0 bridgehead atoms. The molecule has 0 saturated heterocycles. The maximum absolute atomic E-state index is 11.8. The van der Waals surface area contributed by atoms with Crippen LogP contribution in [-0.4, -0.2) is 36.1 Å². The number of carbonyl (C=O) groups excluding carboxylic acids is 2. The quantitative estimate of drug-likeness (QED) is 0.556. The maximum Gasteiger partial charge on any atom is 0.251 e. The number of carbonyl (C=O) groups is 2. The number of nitrogens with two attached hydrogens (primary N) is 1. The summed E-state index contributed by atoms with van der Waals surface area (Å²) < 4.78 is 0. The first-order valence-electron chi connectivity index (χ1n) is 6.48. The molecule has 5 N–H and O–H groups in total. The molecule has 0 heterocycles. The van der Waals surface area contributed by atoms with Crippen molar-refractivity contribution in [3.8, 4) is 0 Å². The van der Waals surface area contributed by atoms with E-state index in [4.69, 9.17) is 10.8 Å². The van der Waals surface area contributed by atoms with E-state index in [2.05, 4.69) is 10.6 Å². The van der Waals surface area contributed by atoms with Crippen LogP contribution < -0.4 is 16.4 Å². The lowest BCUT2D eigenvalue weighted by molar-refractivity contribution is -0.121. The zero-order chi connectivity index (χ0) is 15.1. The summed E-state index contributed by atoms with van der Waals surface area (Å²) in [5.41, 5.74) is 6.55. The second-order valence-corrected chi connectivity index (χ2v) is 4.82. The monoisotopic (exact) mass is 279 g/mol. The molecule has 2 unspecified atom stereocenters. The van der Waals surface area contributed by atoms with Gasteiger partial charge in [-0.15, -0.1) is 0 Å². The normalized spacial score (nSPS) is 13.3. The third-order valence-corrected chi connectivity index (χ3v) is 3.11. The van der Waals surface area contributed by atoms with Gasteiger partial charge >= 0.3 is 0 Å². The standard InChI is InChI=1S/C14H21N3O3/c1-9(8-18)10(2)17-13(19)7-16-14(20)11-3-5-12(15)6-4-11/h3-6,9-10,18H,7-8,15H2,1-2H3,(H,16,20)(H,17,19). The number of rotatable bonds is 6. The lowest BCUT2D eigenvalue weighted by Crippen LogP contribution is -2.43. The highest BCUT2D eigenvalue weighted by Crippen LogP contribution is 2.05. The van der Waals surface area contributed by atoms with Crippen molar-refractivity contribution in [2.75, 3.05) is 18.9 Å². The maximum atomic E-state index is 11.8. The number of aliphatic hydroxyl groups excluding tert-OH is 1. The Hall–Kier alpha value is -2.08. The summed E-state index contributed by atoms with van der Waals surface area (Å²) in [6, 6.07) is 6.29. The Labute approximate surface area is 118 Å². The lowest BCUT2D eigenvalue weighted by Gasteiger charge is -2.19. The summed E-state index contributed by atoms with van der Waals surface area (Å²) in [5, 5.41) is 14.2. The summed E-state index contributed by atoms with van der Waals surface area (Å²) in [7, 11) is 0. The number of amides is 2. The van der Waals surface area contributed by atoms with Gasteiger partial charge in [-0.05, 0) is 37.1 Å². The molecule has 0 aliphatic rings. The largest absolute Gasteiger partial charge is 0.399 e. The molecule has 2 amide bonds. The van der Waals surface area contributed by atoms with Crippen molar-refractivity contribution >= 4 is 17.5 Å². The molecule has 1 rings (SSSR count). The van der Waals surface area contributed by atoms with Gasteiger partial charge in [-0.25, -0.2) is 0 Å². The molecule has 0 aromatic heterocycles.